The van der Waals surface area contributed by atoms with Crippen LogP contribution in [0.4, 0.5) is 0 Å². The fraction of sp³-hybridized carbons (Fsp3) is 0.538. The van der Waals surface area contributed by atoms with Crippen molar-refractivity contribution >= 4 is 21.4 Å². The molecule has 0 spiro atoms. The molecule has 79 valence electrons. The third-order valence-corrected chi connectivity index (χ3v) is 3.21. The van der Waals surface area contributed by atoms with Crippen molar-refractivity contribution in [2.75, 3.05) is 0 Å². The molecule has 1 aliphatic heterocycles. The topological polar surface area (TPSA) is 0 Å². The van der Waals surface area contributed by atoms with Crippen LogP contribution < -0.4 is 0 Å². The zero-order valence-corrected chi connectivity index (χ0v) is 10.3. The Morgan fingerprint density at radius 2 is 1.75 bits per heavy atom. The van der Waals surface area contributed by atoms with Crippen molar-refractivity contribution in [3.8, 4) is 0 Å². The lowest BCUT2D eigenvalue weighted by atomic mass is 9.14. The molecular formula is C13H18B3. The second-order valence-corrected chi connectivity index (χ2v) is 5.17. The zero-order chi connectivity index (χ0) is 11.4. The summed E-state index contributed by atoms with van der Waals surface area (Å²) in [5, 5.41) is 0. The molecule has 0 N–H and O–H groups in total. The maximum Gasteiger partial charge on any atom is 0.0560 e. The molecule has 3 radical (unpaired) electrons. The van der Waals surface area contributed by atoms with Crippen LogP contribution in [0.3, 0.4) is 0 Å². The van der Waals surface area contributed by atoms with Crippen molar-refractivity contribution in [1.29, 1.82) is 0 Å². The van der Waals surface area contributed by atoms with Gasteiger partial charge in [0.2, 0.25) is 0 Å². The van der Waals surface area contributed by atoms with E-state index >= 15 is 0 Å². The molecule has 0 nitrogen and oxygen atoms in total. The summed E-state index contributed by atoms with van der Waals surface area (Å²) in [4.78, 5) is 0. The van der Waals surface area contributed by atoms with Crippen LogP contribution in [0, 0.1) is 5.92 Å². The first-order valence-electron chi connectivity index (χ1n) is 6.33. The van der Waals surface area contributed by atoms with E-state index in [1.54, 1.807) is 0 Å². The molecule has 1 saturated heterocycles. The highest BCUT2D eigenvalue weighted by molar-refractivity contribution is 7.30. The number of hydrogen-bond acceptors (Lipinski definition) is 0. The van der Waals surface area contributed by atoms with Gasteiger partial charge in [-0.1, -0.05) is 50.8 Å². The third-order valence-electron chi connectivity index (χ3n) is 3.21. The third kappa shape index (κ3) is 3.20. The zero-order valence-electron chi connectivity index (χ0n) is 10.3. The highest BCUT2D eigenvalue weighted by Crippen LogP contribution is 2.26. The van der Waals surface area contributed by atoms with Crippen LogP contribution in [0.15, 0.2) is 24.3 Å². The van der Waals surface area contributed by atoms with Gasteiger partial charge >= 0.3 is 0 Å². The van der Waals surface area contributed by atoms with Gasteiger partial charge in [0.1, 0.15) is 0 Å². The van der Waals surface area contributed by atoms with Gasteiger partial charge in [-0.3, -0.25) is 0 Å². The Morgan fingerprint density at radius 3 is 2.31 bits per heavy atom. The van der Waals surface area contributed by atoms with Crippen LogP contribution in [-0.2, 0) is 6.42 Å². The van der Waals surface area contributed by atoms with Gasteiger partial charge in [0.15, 0.2) is 0 Å². The lowest BCUT2D eigenvalue weighted by Crippen LogP contribution is -2.23. The molecule has 3 heteroatoms. The molecule has 2 rings (SSSR count). The van der Waals surface area contributed by atoms with E-state index in [2.05, 4.69) is 59.5 Å². The van der Waals surface area contributed by atoms with Gasteiger partial charge in [-0.25, -0.2) is 0 Å². The first kappa shape index (κ1) is 11.9. The van der Waals surface area contributed by atoms with E-state index in [4.69, 9.17) is 0 Å². The van der Waals surface area contributed by atoms with Crippen molar-refractivity contribution in [2.24, 2.45) is 5.92 Å². The lowest BCUT2D eigenvalue weighted by Gasteiger charge is -2.21. The monoisotopic (exact) mass is 207 g/mol. The van der Waals surface area contributed by atoms with Crippen molar-refractivity contribution in [2.45, 2.75) is 38.8 Å². The molecule has 1 aromatic carbocycles. The Balaban J connectivity index is 2.00. The van der Waals surface area contributed by atoms with E-state index in [1.165, 1.54) is 30.2 Å². The molecule has 1 heterocycles. The average Bonchev–Trinajstić information content (AvgIpc) is 2.30. The fourth-order valence-electron chi connectivity index (χ4n) is 2.35. The van der Waals surface area contributed by atoms with Crippen molar-refractivity contribution < 1.29 is 0 Å². The second kappa shape index (κ2) is 5.66. The van der Waals surface area contributed by atoms with Crippen LogP contribution in [0.2, 0.25) is 12.6 Å². The first-order valence-corrected chi connectivity index (χ1v) is 6.33. The Morgan fingerprint density at radius 1 is 1.12 bits per heavy atom. The summed E-state index contributed by atoms with van der Waals surface area (Å²) in [6, 6.07) is 9.23. The van der Waals surface area contributed by atoms with Gasteiger partial charge in [0, 0.05) is 7.06 Å². The highest BCUT2D eigenvalue weighted by Gasteiger charge is 2.16. The summed E-state index contributed by atoms with van der Waals surface area (Å²) in [7, 11) is 6.73. The van der Waals surface area contributed by atoms with Gasteiger partial charge in [-0.2, -0.15) is 0 Å². The maximum atomic E-state index is 2.31. The van der Waals surface area contributed by atoms with Crippen molar-refractivity contribution in [3.63, 3.8) is 0 Å². The van der Waals surface area contributed by atoms with E-state index in [0.717, 1.165) is 5.92 Å². The van der Waals surface area contributed by atoms with Crippen LogP contribution >= 0.6 is 0 Å². The normalized spacial score (nSPS) is 16.4. The van der Waals surface area contributed by atoms with Gasteiger partial charge in [0.25, 0.3) is 0 Å². The molecule has 0 saturated carbocycles. The van der Waals surface area contributed by atoms with E-state index in [-0.39, 0.29) is 0 Å². The molecule has 0 amide bonds. The summed E-state index contributed by atoms with van der Waals surface area (Å²) < 4.78 is 0. The van der Waals surface area contributed by atoms with Crippen LogP contribution in [-0.4, -0.2) is 21.4 Å². The van der Waals surface area contributed by atoms with Gasteiger partial charge in [-0.05, 0) is 29.4 Å². The second-order valence-electron chi connectivity index (χ2n) is 5.17. The Kier molecular flexibility index (Phi) is 4.20. The average molecular weight is 207 g/mol. The fourth-order valence-corrected chi connectivity index (χ4v) is 2.35. The molecule has 1 fully saturated rings. The molecular weight excluding hydrogens is 189 g/mol. The van der Waals surface area contributed by atoms with Gasteiger partial charge in [-0.15, -0.1) is 0 Å². The smallest absolute Gasteiger partial charge is 0.0560 e. The quantitative estimate of drug-likeness (QED) is 0.668. The summed E-state index contributed by atoms with van der Waals surface area (Å²) in [5.74, 6) is 1.45. The predicted octanol–water partition coefficient (Wildman–Crippen LogP) is 2.76. The number of benzene rings is 1. The van der Waals surface area contributed by atoms with Crippen molar-refractivity contribution in [1.82, 2.24) is 0 Å². The number of hydrogen-bond donors (Lipinski definition) is 0. The largest absolute Gasteiger partial charge is 0.0834 e. The van der Waals surface area contributed by atoms with E-state index in [9.17, 15) is 0 Å². The minimum Gasteiger partial charge on any atom is -0.0834 e. The molecule has 0 unspecified atom stereocenters. The molecule has 0 aromatic heterocycles. The van der Waals surface area contributed by atoms with Crippen LogP contribution in [0.1, 0.15) is 30.9 Å². The summed E-state index contributed by atoms with van der Waals surface area (Å²) in [5.41, 5.74) is 2.96. The summed E-state index contributed by atoms with van der Waals surface area (Å²) in [6.45, 7) is 4.55. The predicted molar refractivity (Wildman–Crippen MR) is 74.6 cm³/mol. The summed E-state index contributed by atoms with van der Waals surface area (Å²) in [6.07, 6.45) is 3.58. The van der Waals surface area contributed by atoms with E-state index in [1.807, 2.05) is 0 Å². The van der Waals surface area contributed by atoms with E-state index < -0.39 is 0 Å². The van der Waals surface area contributed by atoms with Crippen molar-refractivity contribution in [3.05, 3.63) is 35.4 Å². The van der Waals surface area contributed by atoms with E-state index in [0.29, 0.717) is 5.92 Å². The van der Waals surface area contributed by atoms with Crippen LogP contribution in [0.25, 0.3) is 0 Å². The molecule has 1 aliphatic rings. The molecule has 0 aliphatic carbocycles. The minimum atomic E-state index is 0.707. The summed E-state index contributed by atoms with van der Waals surface area (Å²) >= 11 is 0. The number of rotatable bonds is 3. The first-order chi connectivity index (χ1) is 7.75. The Hall–Kier alpha value is -0.585. The SMILES string of the molecule is CC(C)Cc1ccc(C2C[B][B][B]C2)cc1. The highest BCUT2D eigenvalue weighted by atomic mass is 14.1. The minimum absolute atomic E-state index is 0.707. The van der Waals surface area contributed by atoms with Gasteiger partial charge in [0.05, 0.1) is 14.3 Å². The lowest BCUT2D eigenvalue weighted by molar-refractivity contribution is 0.647. The molecule has 0 atom stereocenters. The van der Waals surface area contributed by atoms with Crippen LogP contribution in [0.5, 0.6) is 0 Å². The molecule has 16 heavy (non-hydrogen) atoms. The molecule has 0 bridgehead atoms. The maximum absolute atomic E-state index is 2.31. The Bertz CT molecular complexity index is 312. The Labute approximate surface area is 102 Å². The molecule has 1 aromatic rings. The standard InChI is InChI=1S/C13H18B3/c1-10(2)7-11-3-5-12(6-4-11)13-8-14-16-15-9-13/h3-6,10,13H,7-9H2,1-2H3. The van der Waals surface area contributed by atoms with Gasteiger partial charge < -0.3 is 0 Å².